The molecule has 2 aromatic heterocycles. The van der Waals surface area contributed by atoms with Crippen molar-refractivity contribution in [1.82, 2.24) is 24.9 Å². The van der Waals surface area contributed by atoms with Gasteiger partial charge in [-0.2, -0.15) is 10.2 Å². The van der Waals surface area contributed by atoms with Gasteiger partial charge in [0.15, 0.2) is 0 Å². The van der Waals surface area contributed by atoms with Gasteiger partial charge < -0.3 is 5.32 Å². The van der Waals surface area contributed by atoms with Gasteiger partial charge in [0.25, 0.3) is 5.91 Å². The zero-order chi connectivity index (χ0) is 12.4. The summed E-state index contributed by atoms with van der Waals surface area (Å²) in [4.78, 5) is 11.9. The van der Waals surface area contributed by atoms with Crippen molar-refractivity contribution in [3.63, 3.8) is 0 Å². The summed E-state index contributed by atoms with van der Waals surface area (Å²) in [6.45, 7) is 0.418. The molecule has 2 aromatic rings. The summed E-state index contributed by atoms with van der Waals surface area (Å²) in [6.07, 6.45) is 3.51. The molecule has 0 saturated heterocycles. The predicted molar refractivity (Wildman–Crippen MR) is 70.3 cm³/mol. The molecular formula is C10H12IN5O. The lowest BCUT2D eigenvalue weighted by molar-refractivity contribution is 0.0940. The number of aromatic nitrogens is 4. The van der Waals surface area contributed by atoms with Crippen LogP contribution in [0.3, 0.4) is 0 Å². The number of amides is 1. The highest BCUT2D eigenvalue weighted by Gasteiger charge is 2.14. The van der Waals surface area contributed by atoms with E-state index in [-0.39, 0.29) is 5.91 Å². The highest BCUT2D eigenvalue weighted by molar-refractivity contribution is 14.1. The minimum Gasteiger partial charge on any atom is -0.345 e. The zero-order valence-corrected chi connectivity index (χ0v) is 11.7. The number of hydrogen-bond donors (Lipinski definition) is 1. The van der Waals surface area contributed by atoms with E-state index < -0.39 is 0 Å². The molecule has 6 nitrogen and oxygen atoms in total. The third kappa shape index (κ3) is 2.65. The molecule has 2 heterocycles. The summed E-state index contributed by atoms with van der Waals surface area (Å²) in [5, 5.41) is 11.0. The summed E-state index contributed by atoms with van der Waals surface area (Å²) in [5.74, 6) is -0.139. The molecule has 0 spiro atoms. The summed E-state index contributed by atoms with van der Waals surface area (Å²) < 4.78 is 4.11. The molecule has 1 amide bonds. The van der Waals surface area contributed by atoms with E-state index >= 15 is 0 Å². The molecule has 17 heavy (non-hydrogen) atoms. The van der Waals surface area contributed by atoms with Gasteiger partial charge in [0.2, 0.25) is 0 Å². The van der Waals surface area contributed by atoms with Crippen molar-refractivity contribution in [2.75, 3.05) is 0 Å². The third-order valence-corrected chi connectivity index (χ3v) is 3.10. The number of nitrogens with zero attached hydrogens (tertiary/aromatic N) is 4. The Morgan fingerprint density at radius 3 is 2.82 bits per heavy atom. The number of carbonyl (C=O) groups excluding carboxylic acids is 1. The fourth-order valence-electron chi connectivity index (χ4n) is 1.48. The van der Waals surface area contributed by atoms with E-state index in [4.69, 9.17) is 0 Å². The smallest absolute Gasteiger partial charge is 0.270 e. The van der Waals surface area contributed by atoms with Crippen molar-refractivity contribution in [1.29, 1.82) is 0 Å². The Labute approximate surface area is 112 Å². The standard InChI is InChI=1S/C10H12IN5O/c1-15-4-3-7(14-15)5-12-10(17)9-8(11)6-13-16(9)2/h3-4,6H,5H2,1-2H3,(H,12,17). The van der Waals surface area contributed by atoms with E-state index in [0.29, 0.717) is 12.2 Å². The Morgan fingerprint density at radius 2 is 2.29 bits per heavy atom. The first kappa shape index (κ1) is 12.1. The largest absolute Gasteiger partial charge is 0.345 e. The molecule has 0 aliphatic heterocycles. The fourth-order valence-corrected chi connectivity index (χ4v) is 2.20. The van der Waals surface area contributed by atoms with Gasteiger partial charge in [-0.05, 0) is 28.7 Å². The second-order valence-electron chi connectivity index (χ2n) is 3.63. The van der Waals surface area contributed by atoms with Crippen LogP contribution in [0.2, 0.25) is 0 Å². The molecule has 0 aromatic carbocycles. The Hall–Kier alpha value is -1.38. The molecule has 0 bridgehead atoms. The van der Waals surface area contributed by atoms with E-state index in [1.807, 2.05) is 19.3 Å². The molecule has 0 saturated carbocycles. The van der Waals surface area contributed by atoms with Crippen LogP contribution in [0.1, 0.15) is 16.2 Å². The van der Waals surface area contributed by atoms with Gasteiger partial charge >= 0.3 is 0 Å². The van der Waals surface area contributed by atoms with Crippen molar-refractivity contribution in [3.05, 3.63) is 33.4 Å². The van der Waals surface area contributed by atoms with E-state index in [2.05, 4.69) is 38.1 Å². The Morgan fingerprint density at radius 1 is 1.53 bits per heavy atom. The highest BCUT2D eigenvalue weighted by Crippen LogP contribution is 2.10. The van der Waals surface area contributed by atoms with Crippen LogP contribution in [0.4, 0.5) is 0 Å². The van der Waals surface area contributed by atoms with Crippen molar-refractivity contribution < 1.29 is 4.79 Å². The minimum atomic E-state index is -0.139. The van der Waals surface area contributed by atoms with E-state index in [1.165, 1.54) is 0 Å². The average molecular weight is 345 g/mol. The molecule has 90 valence electrons. The van der Waals surface area contributed by atoms with Crippen molar-refractivity contribution in [2.45, 2.75) is 6.54 Å². The van der Waals surface area contributed by atoms with Gasteiger partial charge in [-0.25, -0.2) is 0 Å². The predicted octanol–water partition coefficient (Wildman–Crippen LogP) is 0.688. The molecule has 0 aliphatic carbocycles. The van der Waals surface area contributed by atoms with Gasteiger partial charge in [-0.3, -0.25) is 14.2 Å². The van der Waals surface area contributed by atoms with Crippen LogP contribution in [-0.2, 0) is 20.6 Å². The Kier molecular flexibility index (Phi) is 3.46. The van der Waals surface area contributed by atoms with Crippen LogP contribution in [-0.4, -0.2) is 25.5 Å². The van der Waals surface area contributed by atoms with E-state index in [0.717, 1.165) is 9.26 Å². The topological polar surface area (TPSA) is 64.7 Å². The molecule has 0 radical (unpaired) electrons. The number of nitrogens with one attached hydrogen (secondary N) is 1. The minimum absolute atomic E-state index is 0.139. The quantitative estimate of drug-likeness (QED) is 0.833. The van der Waals surface area contributed by atoms with Gasteiger partial charge in [0.1, 0.15) is 5.69 Å². The fraction of sp³-hybridized carbons (Fsp3) is 0.300. The lowest BCUT2D eigenvalue weighted by atomic mass is 10.3. The second-order valence-corrected chi connectivity index (χ2v) is 4.79. The van der Waals surface area contributed by atoms with Crippen molar-refractivity contribution in [2.24, 2.45) is 14.1 Å². The molecule has 1 N–H and O–H groups in total. The van der Waals surface area contributed by atoms with Crippen LogP contribution in [0.5, 0.6) is 0 Å². The third-order valence-electron chi connectivity index (χ3n) is 2.31. The molecule has 7 heteroatoms. The molecular weight excluding hydrogens is 333 g/mol. The van der Waals surface area contributed by atoms with Crippen LogP contribution >= 0.6 is 22.6 Å². The first-order valence-electron chi connectivity index (χ1n) is 5.02. The number of rotatable bonds is 3. The monoisotopic (exact) mass is 345 g/mol. The van der Waals surface area contributed by atoms with Crippen molar-refractivity contribution in [3.8, 4) is 0 Å². The SMILES string of the molecule is Cn1ccc(CNC(=O)c2c(I)cnn2C)n1. The lowest BCUT2D eigenvalue weighted by Gasteiger charge is -2.04. The van der Waals surface area contributed by atoms with Gasteiger partial charge in [-0.15, -0.1) is 0 Å². The second kappa shape index (κ2) is 4.86. The molecule has 0 aliphatic rings. The summed E-state index contributed by atoms with van der Waals surface area (Å²) in [6, 6.07) is 1.87. The zero-order valence-electron chi connectivity index (χ0n) is 9.51. The first-order valence-corrected chi connectivity index (χ1v) is 6.10. The maximum Gasteiger partial charge on any atom is 0.270 e. The maximum atomic E-state index is 11.9. The van der Waals surface area contributed by atoms with Crippen LogP contribution in [0.15, 0.2) is 18.5 Å². The van der Waals surface area contributed by atoms with Crippen LogP contribution in [0, 0.1) is 3.57 Å². The number of hydrogen-bond acceptors (Lipinski definition) is 3. The van der Waals surface area contributed by atoms with Crippen LogP contribution < -0.4 is 5.32 Å². The normalized spacial score (nSPS) is 10.5. The molecule has 0 fully saturated rings. The summed E-state index contributed by atoms with van der Waals surface area (Å²) >= 11 is 2.09. The Bertz CT molecular complexity index is 525. The van der Waals surface area contributed by atoms with Gasteiger partial charge in [0.05, 0.1) is 22.0 Å². The highest BCUT2D eigenvalue weighted by atomic mass is 127. The van der Waals surface area contributed by atoms with E-state index in [9.17, 15) is 4.79 Å². The maximum absolute atomic E-state index is 11.9. The first-order chi connectivity index (χ1) is 8.08. The van der Waals surface area contributed by atoms with Crippen molar-refractivity contribution >= 4 is 28.5 Å². The summed E-state index contributed by atoms with van der Waals surface area (Å²) in [7, 11) is 3.59. The molecule has 2 rings (SSSR count). The number of halogens is 1. The van der Waals surface area contributed by atoms with E-state index in [1.54, 1.807) is 22.6 Å². The number of carbonyl (C=O) groups is 1. The van der Waals surface area contributed by atoms with Gasteiger partial charge in [0, 0.05) is 20.3 Å². The average Bonchev–Trinajstić information content (AvgIpc) is 2.83. The lowest BCUT2D eigenvalue weighted by Crippen LogP contribution is -2.26. The Balaban J connectivity index is 2.03. The molecule has 0 atom stereocenters. The molecule has 0 unspecified atom stereocenters. The van der Waals surface area contributed by atoms with Gasteiger partial charge in [-0.1, -0.05) is 0 Å². The number of aryl methyl sites for hydroxylation is 2. The summed E-state index contributed by atoms with van der Waals surface area (Å²) in [5.41, 5.74) is 1.40. The van der Waals surface area contributed by atoms with Crippen LogP contribution in [0.25, 0.3) is 0 Å².